The maximum Gasteiger partial charge on any atom is 0.519 e. The van der Waals surface area contributed by atoms with Crippen molar-refractivity contribution in [3.63, 3.8) is 0 Å². The molecule has 0 unspecified atom stereocenters. The summed E-state index contributed by atoms with van der Waals surface area (Å²) < 4.78 is -0.157. The zero-order valence-electron chi connectivity index (χ0n) is 20.2. The molecule has 4 aliphatic rings. The molecule has 8 nitrogen and oxygen atoms in total. The van der Waals surface area contributed by atoms with Crippen molar-refractivity contribution < 1.29 is 24.6 Å². The third-order valence-corrected chi connectivity index (χ3v) is 8.82. The molecule has 2 N–H and O–H groups in total. The van der Waals surface area contributed by atoms with E-state index in [0.717, 1.165) is 48.9 Å². The molecule has 2 saturated carbocycles. The number of para-hydroxylation sites is 1. The maximum absolute atomic E-state index is 13.9. The molecule has 1 saturated heterocycles. The predicted molar refractivity (Wildman–Crippen MR) is 133 cm³/mol. The molecule has 2 heterocycles. The van der Waals surface area contributed by atoms with Gasteiger partial charge in [-0.3, -0.25) is 0 Å². The second-order valence-electron chi connectivity index (χ2n) is 10.7. The first-order valence-electron chi connectivity index (χ1n) is 13.0. The SMILES string of the molecule is O=C(O)[C@@H]1CCN1C(=O)N(C1CC1)[C@H]1c2ccccc2[N@@+](Cc2ccccc2)(C(=O)O)[C@@H]2CCC[C@@H]21. The van der Waals surface area contributed by atoms with Gasteiger partial charge in [-0.05, 0) is 32.1 Å². The molecule has 6 rings (SSSR count). The standard InChI is InChI=1S/C28H31N3O5/c32-26(33)22-15-16-29(22)27(34)30(19-13-14-19)25-20-9-4-5-11-23(20)31(28(35)36,24-12-6-10-21(24)25)17-18-7-2-1-3-8-18/h1-5,7-9,11,19,21-22,24-25H,6,10,12-17H2,(H-,32,33,35,36)/p+1/t21-,22-,24+,25-,31+/m0/s1. The smallest absolute Gasteiger partial charge is 0.480 e. The van der Waals surface area contributed by atoms with Crippen LogP contribution in [0.25, 0.3) is 0 Å². The minimum atomic E-state index is -0.961. The average molecular weight is 491 g/mol. The van der Waals surface area contributed by atoms with Crippen LogP contribution in [0.15, 0.2) is 54.6 Å². The molecule has 8 heteroatoms. The molecule has 2 aromatic carbocycles. The largest absolute Gasteiger partial charge is 0.519 e. The summed E-state index contributed by atoms with van der Waals surface area (Å²) in [5.74, 6) is -0.966. The fraction of sp³-hybridized carbons (Fsp3) is 0.464. The van der Waals surface area contributed by atoms with Crippen molar-refractivity contribution in [3.05, 3.63) is 65.7 Å². The van der Waals surface area contributed by atoms with Crippen molar-refractivity contribution in [2.45, 2.75) is 69.2 Å². The second kappa shape index (κ2) is 8.62. The van der Waals surface area contributed by atoms with Crippen LogP contribution < -0.4 is 4.48 Å². The summed E-state index contributed by atoms with van der Waals surface area (Å²) in [5.41, 5.74) is 2.62. The van der Waals surface area contributed by atoms with E-state index in [2.05, 4.69) is 0 Å². The molecule has 0 aromatic heterocycles. The Morgan fingerprint density at radius 1 is 0.917 bits per heavy atom. The Kier molecular flexibility index (Phi) is 5.52. The van der Waals surface area contributed by atoms with Gasteiger partial charge in [-0.25, -0.2) is 9.59 Å². The van der Waals surface area contributed by atoms with Crippen LogP contribution in [-0.2, 0) is 11.3 Å². The normalized spacial score (nSPS) is 30.6. The molecular formula is C28H32N3O5+. The zero-order valence-corrected chi connectivity index (χ0v) is 20.2. The zero-order chi connectivity index (χ0) is 25.0. The first-order valence-corrected chi connectivity index (χ1v) is 13.0. The fourth-order valence-electron chi connectivity index (χ4n) is 7.01. The second-order valence-corrected chi connectivity index (χ2v) is 10.7. The number of nitrogens with zero attached hydrogens (tertiary/aromatic N) is 3. The van der Waals surface area contributed by atoms with Gasteiger partial charge in [0, 0.05) is 42.1 Å². The van der Waals surface area contributed by atoms with E-state index in [-0.39, 0.29) is 34.6 Å². The van der Waals surface area contributed by atoms with Gasteiger partial charge in [0.05, 0.1) is 6.04 Å². The van der Waals surface area contributed by atoms with E-state index in [1.807, 2.05) is 59.5 Å². The number of carbonyl (C=O) groups is 3. The van der Waals surface area contributed by atoms with Crippen molar-refractivity contribution in [1.82, 2.24) is 14.3 Å². The molecule has 36 heavy (non-hydrogen) atoms. The highest BCUT2D eigenvalue weighted by molar-refractivity contribution is 5.87. The molecule has 0 radical (unpaired) electrons. The summed E-state index contributed by atoms with van der Waals surface area (Å²) in [5, 5.41) is 20.4. The van der Waals surface area contributed by atoms with Crippen LogP contribution in [0.3, 0.4) is 0 Å². The third-order valence-electron chi connectivity index (χ3n) is 8.82. The Hall–Kier alpha value is -3.39. The number of carboxylic acid groups (broad SMARTS) is 2. The van der Waals surface area contributed by atoms with Crippen LogP contribution >= 0.6 is 0 Å². The maximum atomic E-state index is 13.9. The first kappa shape index (κ1) is 23.0. The fourth-order valence-corrected chi connectivity index (χ4v) is 7.01. The molecule has 0 bridgehead atoms. The number of carboxylic acids is 1. The lowest BCUT2D eigenvalue weighted by Gasteiger charge is -2.51. The lowest BCUT2D eigenvalue weighted by molar-refractivity contribution is -0.146. The first-order chi connectivity index (χ1) is 17.4. The quantitative estimate of drug-likeness (QED) is 0.585. The highest BCUT2D eigenvalue weighted by Crippen LogP contribution is 2.56. The summed E-state index contributed by atoms with van der Waals surface area (Å²) in [6, 6.07) is 16.2. The number of carbonyl (C=O) groups excluding carboxylic acids is 1. The molecular weight excluding hydrogens is 458 g/mol. The van der Waals surface area contributed by atoms with Crippen molar-refractivity contribution in [3.8, 4) is 0 Å². The number of urea groups is 1. The number of hydrogen-bond donors (Lipinski definition) is 2. The van der Waals surface area contributed by atoms with Crippen LogP contribution in [0.1, 0.15) is 55.7 Å². The highest BCUT2D eigenvalue weighted by atomic mass is 16.4. The number of aliphatic carboxylic acids is 1. The lowest BCUT2D eigenvalue weighted by Crippen LogP contribution is -2.66. The molecule has 0 spiro atoms. The van der Waals surface area contributed by atoms with E-state index in [0.29, 0.717) is 19.5 Å². The van der Waals surface area contributed by atoms with Gasteiger partial charge in [0.1, 0.15) is 24.3 Å². The van der Waals surface area contributed by atoms with E-state index in [1.54, 1.807) is 0 Å². The summed E-state index contributed by atoms with van der Waals surface area (Å²) in [6.45, 7) is 0.802. The summed E-state index contributed by atoms with van der Waals surface area (Å²) in [4.78, 5) is 42.3. The van der Waals surface area contributed by atoms with Crippen LogP contribution in [0, 0.1) is 5.92 Å². The van der Waals surface area contributed by atoms with Crippen LogP contribution in [0.4, 0.5) is 15.3 Å². The summed E-state index contributed by atoms with van der Waals surface area (Å²) in [7, 11) is 0. The molecule has 3 fully saturated rings. The van der Waals surface area contributed by atoms with E-state index < -0.39 is 18.1 Å². The number of fused-ring (bicyclic) bond motifs is 2. The number of likely N-dealkylation sites (tertiary alicyclic amines) is 1. The average Bonchev–Trinajstić information content (AvgIpc) is 3.55. The van der Waals surface area contributed by atoms with Gasteiger partial charge in [-0.2, -0.15) is 9.28 Å². The van der Waals surface area contributed by atoms with Crippen molar-refractivity contribution >= 4 is 23.8 Å². The van der Waals surface area contributed by atoms with E-state index in [1.165, 1.54) is 4.90 Å². The number of amides is 3. The Morgan fingerprint density at radius 2 is 1.64 bits per heavy atom. The number of quaternary nitrogens is 1. The van der Waals surface area contributed by atoms with Crippen molar-refractivity contribution in [2.24, 2.45) is 5.92 Å². The Morgan fingerprint density at radius 3 is 2.28 bits per heavy atom. The minimum Gasteiger partial charge on any atom is -0.480 e. The van der Waals surface area contributed by atoms with Gasteiger partial charge in [0.2, 0.25) is 0 Å². The number of benzene rings is 2. The van der Waals surface area contributed by atoms with Crippen LogP contribution in [-0.4, -0.2) is 62.8 Å². The van der Waals surface area contributed by atoms with E-state index in [9.17, 15) is 24.6 Å². The summed E-state index contributed by atoms with van der Waals surface area (Å²) in [6.07, 6.45) is 3.96. The van der Waals surface area contributed by atoms with E-state index in [4.69, 9.17) is 0 Å². The highest BCUT2D eigenvalue weighted by Gasteiger charge is 2.62. The predicted octanol–water partition coefficient (Wildman–Crippen LogP) is 4.84. The Labute approximate surface area is 210 Å². The molecule has 2 aliphatic heterocycles. The lowest BCUT2D eigenvalue weighted by atomic mass is 9.79. The van der Waals surface area contributed by atoms with Gasteiger partial charge in [0.25, 0.3) is 0 Å². The number of rotatable bonds is 5. The third kappa shape index (κ3) is 3.42. The van der Waals surface area contributed by atoms with E-state index >= 15 is 0 Å². The van der Waals surface area contributed by atoms with Gasteiger partial charge in [0.15, 0.2) is 0 Å². The van der Waals surface area contributed by atoms with Gasteiger partial charge >= 0.3 is 18.1 Å². The topological polar surface area (TPSA) is 98.2 Å². The Balaban J connectivity index is 1.48. The van der Waals surface area contributed by atoms with Crippen LogP contribution in [0.2, 0.25) is 0 Å². The molecule has 3 amide bonds. The van der Waals surface area contributed by atoms with Crippen LogP contribution in [0.5, 0.6) is 0 Å². The Bertz CT molecular complexity index is 1200. The molecule has 2 aliphatic carbocycles. The molecule has 188 valence electrons. The van der Waals surface area contributed by atoms with Gasteiger partial charge in [-0.1, -0.05) is 48.5 Å². The summed E-state index contributed by atoms with van der Waals surface area (Å²) >= 11 is 0. The molecule has 2 aromatic rings. The minimum absolute atomic E-state index is 0.00573. The number of hydrogen-bond acceptors (Lipinski definition) is 3. The molecule has 5 atom stereocenters. The van der Waals surface area contributed by atoms with Gasteiger partial charge in [-0.15, -0.1) is 0 Å². The monoisotopic (exact) mass is 490 g/mol. The van der Waals surface area contributed by atoms with Crippen molar-refractivity contribution in [2.75, 3.05) is 6.54 Å². The van der Waals surface area contributed by atoms with Crippen molar-refractivity contribution in [1.29, 1.82) is 0 Å². The van der Waals surface area contributed by atoms with Gasteiger partial charge < -0.3 is 20.0 Å².